The Morgan fingerprint density at radius 2 is 1.70 bits per heavy atom. The molecule has 7 heteroatoms. The van der Waals surface area contributed by atoms with Gasteiger partial charge in [-0.2, -0.15) is 0 Å². The van der Waals surface area contributed by atoms with E-state index in [1.807, 2.05) is 11.0 Å². The van der Waals surface area contributed by atoms with Crippen LogP contribution in [0, 0.1) is 5.82 Å². The second-order valence-corrected chi connectivity index (χ2v) is 6.20. The van der Waals surface area contributed by atoms with Crippen molar-refractivity contribution >= 4 is 17.5 Å². The molecule has 0 saturated carbocycles. The monoisotopic (exact) mass is 371 g/mol. The molecule has 1 aliphatic rings. The van der Waals surface area contributed by atoms with Crippen molar-refractivity contribution in [3.63, 3.8) is 0 Å². The van der Waals surface area contributed by atoms with Gasteiger partial charge in [0.25, 0.3) is 0 Å². The molecule has 2 aromatic rings. The summed E-state index contributed by atoms with van der Waals surface area (Å²) in [5.41, 5.74) is 0.941. The van der Waals surface area contributed by atoms with Gasteiger partial charge in [0.1, 0.15) is 11.9 Å². The maximum absolute atomic E-state index is 14.3. The zero-order valence-electron chi connectivity index (χ0n) is 14.9. The Balaban J connectivity index is 1.67. The molecule has 0 radical (unpaired) electrons. The number of ether oxygens (including phenoxy) is 1. The number of nitrogens with zero attached hydrogens (tertiary/aromatic N) is 1. The standard InChI is InChI=1S/C20H22FN3O3/c21-17-9-5-4-8-16(17)19(24-10-12-27-13-11-24)20(26)22-14-18(25)23-15-6-2-1-3-7-15/h1-9,19H,10-14H2,(H,22,26)(H,23,25)/t19-/m1/s1. The molecule has 1 aliphatic heterocycles. The Morgan fingerprint density at radius 3 is 2.41 bits per heavy atom. The van der Waals surface area contributed by atoms with Crippen molar-refractivity contribution in [1.82, 2.24) is 10.2 Å². The zero-order valence-corrected chi connectivity index (χ0v) is 14.9. The lowest BCUT2D eigenvalue weighted by atomic mass is 10.0. The van der Waals surface area contributed by atoms with Gasteiger partial charge in [0.05, 0.1) is 19.8 Å². The van der Waals surface area contributed by atoms with Gasteiger partial charge in [-0.3, -0.25) is 14.5 Å². The summed E-state index contributed by atoms with van der Waals surface area (Å²) in [6, 6.07) is 14.4. The fourth-order valence-corrected chi connectivity index (χ4v) is 3.03. The number of anilines is 1. The van der Waals surface area contributed by atoms with E-state index in [-0.39, 0.29) is 12.5 Å². The molecule has 2 N–H and O–H groups in total. The summed E-state index contributed by atoms with van der Waals surface area (Å²) in [6.45, 7) is 1.80. The first kappa shape index (κ1) is 19.0. The van der Waals surface area contributed by atoms with E-state index in [2.05, 4.69) is 10.6 Å². The number of benzene rings is 2. The molecule has 3 rings (SSSR count). The van der Waals surface area contributed by atoms with E-state index >= 15 is 0 Å². The number of para-hydroxylation sites is 1. The van der Waals surface area contributed by atoms with Crippen molar-refractivity contribution in [2.45, 2.75) is 6.04 Å². The number of amides is 2. The molecule has 6 nitrogen and oxygen atoms in total. The summed E-state index contributed by atoms with van der Waals surface area (Å²) in [5, 5.41) is 5.33. The Labute approximate surface area is 157 Å². The van der Waals surface area contributed by atoms with Gasteiger partial charge in [-0.25, -0.2) is 4.39 Å². The number of hydrogen-bond donors (Lipinski definition) is 2. The van der Waals surface area contributed by atoms with E-state index in [0.29, 0.717) is 37.6 Å². The molecular weight excluding hydrogens is 349 g/mol. The fraction of sp³-hybridized carbons (Fsp3) is 0.300. The maximum atomic E-state index is 14.3. The van der Waals surface area contributed by atoms with Crippen LogP contribution in [0.1, 0.15) is 11.6 Å². The van der Waals surface area contributed by atoms with Gasteiger partial charge >= 0.3 is 0 Å². The third-order valence-corrected chi connectivity index (χ3v) is 4.34. The molecule has 2 amide bonds. The van der Waals surface area contributed by atoms with Gasteiger partial charge in [-0.15, -0.1) is 0 Å². The van der Waals surface area contributed by atoms with Crippen LogP contribution in [0.3, 0.4) is 0 Å². The van der Waals surface area contributed by atoms with Crippen molar-refractivity contribution in [2.24, 2.45) is 0 Å². The topological polar surface area (TPSA) is 70.7 Å². The number of carbonyl (C=O) groups excluding carboxylic acids is 2. The molecule has 142 valence electrons. The Hall–Kier alpha value is -2.77. The number of rotatable bonds is 6. The molecule has 1 saturated heterocycles. The Morgan fingerprint density at radius 1 is 1.04 bits per heavy atom. The van der Waals surface area contributed by atoms with Crippen LogP contribution in [-0.2, 0) is 14.3 Å². The van der Waals surface area contributed by atoms with Crippen LogP contribution in [0.15, 0.2) is 54.6 Å². The molecule has 0 aliphatic carbocycles. The van der Waals surface area contributed by atoms with Crippen LogP contribution in [0.4, 0.5) is 10.1 Å². The van der Waals surface area contributed by atoms with E-state index in [4.69, 9.17) is 4.74 Å². The highest BCUT2D eigenvalue weighted by atomic mass is 19.1. The van der Waals surface area contributed by atoms with Crippen molar-refractivity contribution in [2.75, 3.05) is 38.2 Å². The summed E-state index contributed by atoms with van der Waals surface area (Å²) >= 11 is 0. The second kappa shape index (κ2) is 9.25. The SMILES string of the molecule is O=C(CNC(=O)[C@@H](c1ccccc1F)N1CCOCC1)Nc1ccccc1. The van der Waals surface area contributed by atoms with E-state index in [1.54, 1.807) is 42.5 Å². The minimum atomic E-state index is -0.806. The number of carbonyl (C=O) groups is 2. The lowest BCUT2D eigenvalue weighted by molar-refractivity contribution is -0.130. The first-order chi connectivity index (χ1) is 13.1. The third-order valence-electron chi connectivity index (χ3n) is 4.34. The Bertz CT molecular complexity index is 779. The van der Waals surface area contributed by atoms with Crippen molar-refractivity contribution < 1.29 is 18.7 Å². The molecule has 0 aromatic heterocycles. The minimum absolute atomic E-state index is 0.191. The lowest BCUT2D eigenvalue weighted by Gasteiger charge is -2.33. The summed E-state index contributed by atoms with van der Waals surface area (Å²) < 4.78 is 19.7. The van der Waals surface area contributed by atoms with Gasteiger partial charge in [0.15, 0.2) is 0 Å². The summed E-state index contributed by atoms with van der Waals surface area (Å²) in [7, 11) is 0. The largest absolute Gasteiger partial charge is 0.379 e. The smallest absolute Gasteiger partial charge is 0.243 e. The van der Waals surface area contributed by atoms with Crippen molar-refractivity contribution in [3.05, 3.63) is 66.0 Å². The van der Waals surface area contributed by atoms with Crippen LogP contribution in [0.2, 0.25) is 0 Å². The average Bonchev–Trinajstić information content (AvgIpc) is 2.70. The average molecular weight is 371 g/mol. The quantitative estimate of drug-likeness (QED) is 0.814. The predicted molar refractivity (Wildman–Crippen MR) is 99.6 cm³/mol. The van der Waals surface area contributed by atoms with Crippen molar-refractivity contribution in [3.8, 4) is 0 Å². The molecule has 0 bridgehead atoms. The maximum Gasteiger partial charge on any atom is 0.243 e. The summed E-state index contributed by atoms with van der Waals surface area (Å²) in [4.78, 5) is 26.8. The van der Waals surface area contributed by atoms with Gasteiger partial charge < -0.3 is 15.4 Å². The number of halogens is 1. The molecule has 1 heterocycles. The molecule has 27 heavy (non-hydrogen) atoms. The number of morpholine rings is 1. The lowest BCUT2D eigenvalue weighted by Crippen LogP contribution is -2.47. The molecular formula is C20H22FN3O3. The van der Waals surface area contributed by atoms with Gasteiger partial charge in [0.2, 0.25) is 11.8 Å². The highest BCUT2D eigenvalue weighted by Crippen LogP contribution is 2.24. The minimum Gasteiger partial charge on any atom is -0.379 e. The number of hydrogen-bond acceptors (Lipinski definition) is 4. The van der Waals surface area contributed by atoms with Crippen molar-refractivity contribution in [1.29, 1.82) is 0 Å². The summed E-state index contributed by atoms with van der Waals surface area (Å²) in [6.07, 6.45) is 0. The number of nitrogens with one attached hydrogen (secondary N) is 2. The zero-order chi connectivity index (χ0) is 19.1. The highest BCUT2D eigenvalue weighted by molar-refractivity contribution is 5.95. The van der Waals surface area contributed by atoms with Gasteiger partial charge in [-0.1, -0.05) is 36.4 Å². The molecule has 2 aromatic carbocycles. The fourth-order valence-electron chi connectivity index (χ4n) is 3.03. The highest BCUT2D eigenvalue weighted by Gasteiger charge is 2.31. The van der Waals surface area contributed by atoms with Crippen LogP contribution in [-0.4, -0.2) is 49.6 Å². The second-order valence-electron chi connectivity index (χ2n) is 6.20. The molecule has 1 fully saturated rings. The van der Waals surface area contributed by atoms with Crippen LogP contribution >= 0.6 is 0 Å². The molecule has 0 unspecified atom stereocenters. The predicted octanol–water partition coefficient (Wildman–Crippen LogP) is 1.95. The molecule has 1 atom stereocenters. The summed E-state index contributed by atoms with van der Waals surface area (Å²) in [5.74, 6) is -1.20. The van der Waals surface area contributed by atoms with E-state index < -0.39 is 17.8 Å². The first-order valence-electron chi connectivity index (χ1n) is 8.84. The van der Waals surface area contributed by atoms with E-state index in [1.165, 1.54) is 6.07 Å². The third kappa shape index (κ3) is 5.12. The Kier molecular flexibility index (Phi) is 6.51. The van der Waals surface area contributed by atoms with Crippen LogP contribution in [0.25, 0.3) is 0 Å². The van der Waals surface area contributed by atoms with Crippen LogP contribution < -0.4 is 10.6 Å². The first-order valence-corrected chi connectivity index (χ1v) is 8.84. The van der Waals surface area contributed by atoms with E-state index in [9.17, 15) is 14.0 Å². The van der Waals surface area contributed by atoms with Gasteiger partial charge in [-0.05, 0) is 18.2 Å². The van der Waals surface area contributed by atoms with Crippen LogP contribution in [0.5, 0.6) is 0 Å². The van der Waals surface area contributed by atoms with E-state index in [0.717, 1.165) is 0 Å². The van der Waals surface area contributed by atoms with Gasteiger partial charge in [0, 0.05) is 24.3 Å². The molecule has 0 spiro atoms. The normalized spacial score (nSPS) is 15.7.